The third-order valence-electron chi connectivity index (χ3n) is 5.07. The Morgan fingerprint density at radius 3 is 2.30 bits per heavy atom. The van der Waals surface area contributed by atoms with E-state index in [1.807, 2.05) is 58.1 Å². The molecule has 1 fully saturated rings. The summed E-state index contributed by atoms with van der Waals surface area (Å²) in [5, 5.41) is 0. The van der Waals surface area contributed by atoms with Gasteiger partial charge in [-0.05, 0) is 29.3 Å². The number of amides is 2. The number of hydrogen-bond donors (Lipinski definition) is 1. The van der Waals surface area contributed by atoms with Crippen LogP contribution in [-0.2, 0) is 29.5 Å². The summed E-state index contributed by atoms with van der Waals surface area (Å²) in [4.78, 5) is 36.0. The van der Waals surface area contributed by atoms with Gasteiger partial charge in [0.25, 0.3) is 0 Å². The molecule has 0 spiro atoms. The van der Waals surface area contributed by atoms with E-state index in [1.54, 1.807) is 6.33 Å². The van der Waals surface area contributed by atoms with Gasteiger partial charge >= 0.3 is 0 Å². The van der Waals surface area contributed by atoms with Crippen LogP contribution >= 0.6 is 0 Å². The average molecular weight is 365 g/mol. The van der Waals surface area contributed by atoms with E-state index < -0.39 is 0 Å². The summed E-state index contributed by atoms with van der Waals surface area (Å²) in [5.41, 5.74) is 3.84. The molecule has 0 radical (unpaired) electrons. The highest BCUT2D eigenvalue weighted by molar-refractivity contribution is 5.82. The zero-order valence-corrected chi connectivity index (χ0v) is 15.4. The Hall–Kier alpha value is -3.09. The predicted octanol–water partition coefficient (Wildman–Crippen LogP) is 1.36. The zero-order chi connectivity index (χ0) is 18.8. The molecule has 3 aromatic rings. The number of hydrogen-bond acceptors (Lipinski definition) is 3. The monoisotopic (exact) mass is 365 g/mol. The summed E-state index contributed by atoms with van der Waals surface area (Å²) >= 11 is 0. The summed E-state index contributed by atoms with van der Waals surface area (Å²) in [6.45, 7) is 2.37. The van der Waals surface area contributed by atoms with Crippen molar-refractivity contribution in [2.24, 2.45) is 7.05 Å². The number of carbonyl (C=O) groups excluding carboxylic acids is 2. The Morgan fingerprint density at radius 1 is 1.00 bits per heavy atom. The van der Waals surface area contributed by atoms with E-state index in [0.29, 0.717) is 39.0 Å². The van der Waals surface area contributed by atoms with Crippen LogP contribution in [0, 0.1) is 0 Å². The van der Waals surface area contributed by atoms with Crippen LogP contribution in [0.4, 0.5) is 0 Å². The normalized spacial score (nSPS) is 14.7. The number of carbonyl (C=O) groups is 2. The fourth-order valence-corrected chi connectivity index (χ4v) is 3.54. The number of rotatable bonds is 4. The molecular weight excluding hydrogens is 342 g/mol. The molecule has 1 aliphatic rings. The molecule has 4 rings (SSSR count). The summed E-state index contributed by atoms with van der Waals surface area (Å²) in [6, 6.07) is 7.81. The quantitative estimate of drug-likeness (QED) is 0.759. The Kier molecular flexibility index (Phi) is 4.66. The lowest BCUT2D eigenvalue weighted by molar-refractivity contribution is -0.138. The van der Waals surface area contributed by atoms with Crippen LogP contribution in [0.3, 0.4) is 0 Å². The lowest BCUT2D eigenvalue weighted by Gasteiger charge is -2.35. The smallest absolute Gasteiger partial charge is 0.227 e. The van der Waals surface area contributed by atoms with Crippen molar-refractivity contribution < 1.29 is 9.59 Å². The molecule has 1 aromatic carbocycles. The second kappa shape index (κ2) is 7.26. The van der Waals surface area contributed by atoms with Gasteiger partial charge in [0.15, 0.2) is 0 Å². The summed E-state index contributed by atoms with van der Waals surface area (Å²) < 4.78 is 1.94. The van der Waals surface area contributed by atoms with Crippen molar-refractivity contribution >= 4 is 22.8 Å². The first-order valence-electron chi connectivity index (χ1n) is 9.17. The number of aromatic amines is 1. The molecule has 1 aliphatic heterocycles. The maximum atomic E-state index is 12.6. The maximum absolute atomic E-state index is 12.6. The topological polar surface area (TPSA) is 74.2 Å². The first-order chi connectivity index (χ1) is 13.1. The number of aryl methyl sites for hydroxylation is 1. The second-order valence-electron chi connectivity index (χ2n) is 7.05. The summed E-state index contributed by atoms with van der Waals surface area (Å²) in [5.74, 6) is 0.224. The van der Waals surface area contributed by atoms with Crippen molar-refractivity contribution in [2.75, 3.05) is 26.2 Å². The molecule has 140 valence electrons. The Balaban J connectivity index is 1.30. The lowest BCUT2D eigenvalue weighted by atomic mass is 10.1. The van der Waals surface area contributed by atoms with Gasteiger partial charge in [0, 0.05) is 45.6 Å². The number of piperazine rings is 1. The number of fused-ring (bicyclic) bond motifs is 1. The van der Waals surface area contributed by atoms with E-state index in [9.17, 15) is 9.59 Å². The number of H-pyrrole nitrogens is 1. The Bertz CT molecular complexity index is 966. The molecule has 2 aromatic heterocycles. The minimum Gasteiger partial charge on any atom is -0.357 e. The number of nitrogens with zero attached hydrogens (tertiary/aromatic N) is 4. The molecule has 0 aliphatic carbocycles. The van der Waals surface area contributed by atoms with Gasteiger partial charge in [-0.2, -0.15) is 0 Å². The van der Waals surface area contributed by atoms with E-state index in [4.69, 9.17) is 0 Å². The molecular formula is C20H23N5O2. The Labute approximate surface area is 157 Å². The van der Waals surface area contributed by atoms with Crippen LogP contribution in [-0.4, -0.2) is 62.3 Å². The van der Waals surface area contributed by atoms with Crippen LogP contribution in [0.15, 0.2) is 43.0 Å². The number of benzene rings is 1. The van der Waals surface area contributed by atoms with Crippen molar-refractivity contribution in [2.45, 2.75) is 12.8 Å². The van der Waals surface area contributed by atoms with Gasteiger partial charge in [0.05, 0.1) is 30.2 Å². The molecule has 3 heterocycles. The van der Waals surface area contributed by atoms with Crippen LogP contribution < -0.4 is 0 Å². The van der Waals surface area contributed by atoms with Gasteiger partial charge < -0.3 is 19.4 Å². The highest BCUT2D eigenvalue weighted by Crippen LogP contribution is 2.14. The zero-order valence-electron chi connectivity index (χ0n) is 15.4. The Morgan fingerprint density at radius 2 is 1.67 bits per heavy atom. The minimum atomic E-state index is 0.101. The molecule has 1 N–H and O–H groups in total. The van der Waals surface area contributed by atoms with Crippen molar-refractivity contribution in [3.8, 4) is 0 Å². The first kappa shape index (κ1) is 17.3. The largest absolute Gasteiger partial charge is 0.357 e. The molecule has 1 saturated heterocycles. The standard InChI is InChI=1S/C20H23N5O2/c1-23-5-4-16(13-23)12-20(27)25-8-6-24(7-9-25)19(26)11-15-2-3-17-18(10-15)22-14-21-17/h2-5,10,13-14H,6-9,11-12H2,1H3,(H,21,22). The van der Waals surface area contributed by atoms with E-state index >= 15 is 0 Å². The summed E-state index contributed by atoms with van der Waals surface area (Å²) in [7, 11) is 1.95. The van der Waals surface area contributed by atoms with E-state index in [-0.39, 0.29) is 11.8 Å². The predicted molar refractivity (Wildman–Crippen MR) is 102 cm³/mol. The molecule has 0 atom stereocenters. The molecule has 27 heavy (non-hydrogen) atoms. The molecule has 0 bridgehead atoms. The van der Waals surface area contributed by atoms with Gasteiger partial charge in [-0.15, -0.1) is 0 Å². The minimum absolute atomic E-state index is 0.101. The van der Waals surface area contributed by atoms with Crippen molar-refractivity contribution in [1.82, 2.24) is 24.3 Å². The van der Waals surface area contributed by atoms with Crippen LogP contribution in [0.25, 0.3) is 11.0 Å². The molecule has 0 saturated carbocycles. The summed E-state index contributed by atoms with van der Waals surface area (Å²) in [6.07, 6.45) is 6.35. The van der Waals surface area contributed by atoms with Gasteiger partial charge in [0.2, 0.25) is 11.8 Å². The molecule has 2 amide bonds. The van der Waals surface area contributed by atoms with Crippen LogP contribution in [0.1, 0.15) is 11.1 Å². The van der Waals surface area contributed by atoms with Crippen LogP contribution in [0.5, 0.6) is 0 Å². The van der Waals surface area contributed by atoms with E-state index in [0.717, 1.165) is 22.2 Å². The average Bonchev–Trinajstić information content (AvgIpc) is 3.30. The fraction of sp³-hybridized carbons (Fsp3) is 0.350. The lowest BCUT2D eigenvalue weighted by Crippen LogP contribution is -2.51. The molecule has 7 heteroatoms. The fourth-order valence-electron chi connectivity index (χ4n) is 3.54. The number of aromatic nitrogens is 3. The molecule has 0 unspecified atom stereocenters. The van der Waals surface area contributed by atoms with Crippen molar-refractivity contribution in [3.05, 3.63) is 54.1 Å². The number of imidazole rings is 1. The second-order valence-corrected chi connectivity index (χ2v) is 7.05. The highest BCUT2D eigenvalue weighted by Gasteiger charge is 2.24. The maximum Gasteiger partial charge on any atom is 0.227 e. The van der Waals surface area contributed by atoms with Crippen LogP contribution in [0.2, 0.25) is 0 Å². The number of nitrogens with one attached hydrogen (secondary N) is 1. The SMILES string of the molecule is Cn1ccc(CC(=O)N2CCN(C(=O)Cc3ccc4nc[nH]c4c3)CC2)c1. The molecule has 7 nitrogen and oxygen atoms in total. The van der Waals surface area contributed by atoms with E-state index in [1.165, 1.54) is 0 Å². The van der Waals surface area contributed by atoms with Gasteiger partial charge in [-0.25, -0.2) is 4.98 Å². The highest BCUT2D eigenvalue weighted by atomic mass is 16.2. The third kappa shape index (κ3) is 3.86. The third-order valence-corrected chi connectivity index (χ3v) is 5.07. The van der Waals surface area contributed by atoms with Crippen molar-refractivity contribution in [3.63, 3.8) is 0 Å². The van der Waals surface area contributed by atoms with Gasteiger partial charge in [-0.3, -0.25) is 9.59 Å². The van der Waals surface area contributed by atoms with Crippen molar-refractivity contribution in [1.29, 1.82) is 0 Å². The van der Waals surface area contributed by atoms with Gasteiger partial charge in [0.1, 0.15) is 0 Å². The van der Waals surface area contributed by atoms with E-state index in [2.05, 4.69) is 9.97 Å². The van der Waals surface area contributed by atoms with Gasteiger partial charge in [-0.1, -0.05) is 6.07 Å². The first-order valence-corrected chi connectivity index (χ1v) is 9.17.